The first kappa shape index (κ1) is 26.4. The maximum atomic E-state index is 13.0. The summed E-state index contributed by atoms with van der Waals surface area (Å²) >= 11 is 0. The number of H-pyrrole nitrogens is 1. The molecule has 12 heteroatoms. The number of fused-ring (bicyclic) bond motifs is 2. The lowest BCUT2D eigenvalue weighted by molar-refractivity contribution is 0.312. The first-order valence-electron chi connectivity index (χ1n) is 12.4. The monoisotopic (exact) mass is 546 g/mol. The summed E-state index contributed by atoms with van der Waals surface area (Å²) in [6.07, 6.45) is 2.79. The Morgan fingerprint density at radius 3 is 2.69 bits per heavy atom. The number of hydrogen-bond donors (Lipinski definition) is 3. The first-order chi connectivity index (χ1) is 18.7. The summed E-state index contributed by atoms with van der Waals surface area (Å²) in [5.41, 5.74) is 4.73. The molecule has 3 heterocycles. The number of nitriles is 1. The number of benzene rings is 2. The van der Waals surface area contributed by atoms with Gasteiger partial charge in [0.25, 0.3) is 0 Å². The van der Waals surface area contributed by atoms with Crippen LogP contribution in [0.5, 0.6) is 5.75 Å². The molecule has 0 radical (unpaired) electrons. The van der Waals surface area contributed by atoms with Crippen LogP contribution in [0.2, 0.25) is 0 Å². The van der Waals surface area contributed by atoms with Crippen LogP contribution in [0, 0.1) is 11.3 Å². The summed E-state index contributed by atoms with van der Waals surface area (Å²) in [7, 11) is 2.95. The number of nitrogens with one attached hydrogen (secondary N) is 3. The second-order valence-electron chi connectivity index (χ2n) is 9.61. The standard InChI is InChI=1S/C27H30N8O3S/c1-34(2)39(36,37)23-8-6-5-7-20(23)30-26-24-18(9-11-28)15-29-25(24)32-27(33-26)31-21-13-19-16-35(3)12-10-17(19)14-22(21)38-4/h5-8,13-15H,9-10,12,16H2,1-4H3,(H3,29,30,31,32,33). The predicted molar refractivity (Wildman–Crippen MR) is 150 cm³/mol. The quantitative estimate of drug-likeness (QED) is 0.301. The highest BCUT2D eigenvalue weighted by molar-refractivity contribution is 7.89. The highest BCUT2D eigenvalue weighted by Crippen LogP contribution is 2.35. The maximum absolute atomic E-state index is 13.0. The van der Waals surface area contributed by atoms with Gasteiger partial charge in [-0.05, 0) is 54.4 Å². The normalized spacial score (nSPS) is 13.7. The molecule has 0 unspecified atom stereocenters. The van der Waals surface area contributed by atoms with Gasteiger partial charge in [-0.15, -0.1) is 0 Å². The number of ether oxygens (including phenoxy) is 1. The number of nitrogens with zero attached hydrogens (tertiary/aromatic N) is 5. The van der Waals surface area contributed by atoms with Gasteiger partial charge in [0.2, 0.25) is 16.0 Å². The van der Waals surface area contributed by atoms with E-state index in [1.807, 2.05) is 6.07 Å². The Bertz CT molecular complexity index is 1690. The molecule has 5 rings (SSSR count). The van der Waals surface area contributed by atoms with Crippen LogP contribution in [0.3, 0.4) is 0 Å². The molecule has 1 aliphatic heterocycles. The molecule has 202 valence electrons. The minimum absolute atomic E-state index is 0.106. The Balaban J connectivity index is 1.61. The van der Waals surface area contributed by atoms with E-state index in [1.54, 1.807) is 31.5 Å². The average molecular weight is 547 g/mol. The van der Waals surface area contributed by atoms with E-state index in [-0.39, 0.29) is 17.3 Å². The van der Waals surface area contributed by atoms with Crippen molar-refractivity contribution in [1.29, 1.82) is 5.26 Å². The number of hydrogen-bond acceptors (Lipinski definition) is 9. The fourth-order valence-electron chi connectivity index (χ4n) is 4.70. The van der Waals surface area contributed by atoms with Crippen LogP contribution in [0.1, 0.15) is 16.7 Å². The number of aromatic amines is 1. The lowest BCUT2D eigenvalue weighted by atomic mass is 9.99. The van der Waals surface area contributed by atoms with Crippen molar-refractivity contribution in [2.24, 2.45) is 0 Å². The van der Waals surface area contributed by atoms with E-state index in [4.69, 9.17) is 9.72 Å². The van der Waals surface area contributed by atoms with Gasteiger partial charge in [0.1, 0.15) is 22.1 Å². The van der Waals surface area contributed by atoms with E-state index in [0.717, 1.165) is 29.5 Å². The zero-order chi connectivity index (χ0) is 27.7. The average Bonchev–Trinajstić information content (AvgIpc) is 3.31. The number of methoxy groups -OCH3 is 1. The minimum Gasteiger partial charge on any atom is -0.495 e. The lowest BCUT2D eigenvalue weighted by Crippen LogP contribution is -2.26. The molecule has 11 nitrogen and oxygen atoms in total. The number of aromatic nitrogens is 3. The van der Waals surface area contributed by atoms with Gasteiger partial charge in [-0.2, -0.15) is 15.2 Å². The van der Waals surface area contributed by atoms with E-state index >= 15 is 0 Å². The summed E-state index contributed by atoms with van der Waals surface area (Å²) in [6.45, 7) is 1.81. The van der Waals surface area contributed by atoms with Crippen LogP contribution >= 0.6 is 0 Å². The molecule has 0 saturated carbocycles. The third-order valence-corrected chi connectivity index (χ3v) is 8.63. The van der Waals surface area contributed by atoms with Crippen molar-refractivity contribution in [1.82, 2.24) is 24.2 Å². The number of rotatable bonds is 8. The molecule has 0 atom stereocenters. The topological polar surface area (TPSA) is 139 Å². The number of likely N-dealkylation sites (N-methyl/N-ethyl adjacent to an activating group) is 1. The molecule has 0 aliphatic carbocycles. The zero-order valence-corrected chi connectivity index (χ0v) is 23.1. The van der Waals surface area contributed by atoms with Gasteiger partial charge in [0, 0.05) is 33.4 Å². The highest BCUT2D eigenvalue weighted by atomic mass is 32.2. The molecule has 0 saturated heterocycles. The molecule has 1 aliphatic rings. The Hall–Kier alpha value is -4.18. The van der Waals surface area contributed by atoms with Gasteiger partial charge in [-0.3, -0.25) is 0 Å². The van der Waals surface area contributed by atoms with E-state index in [0.29, 0.717) is 33.9 Å². The van der Waals surface area contributed by atoms with Crippen LogP contribution in [0.25, 0.3) is 11.0 Å². The fraction of sp³-hybridized carbons (Fsp3) is 0.296. The third kappa shape index (κ3) is 5.12. The predicted octanol–water partition coefficient (Wildman–Crippen LogP) is 3.76. The van der Waals surface area contributed by atoms with Gasteiger partial charge < -0.3 is 25.3 Å². The largest absolute Gasteiger partial charge is 0.495 e. The fourth-order valence-corrected chi connectivity index (χ4v) is 5.74. The highest BCUT2D eigenvalue weighted by Gasteiger charge is 2.23. The van der Waals surface area contributed by atoms with Crippen molar-refractivity contribution < 1.29 is 13.2 Å². The molecular weight excluding hydrogens is 516 g/mol. The Labute approximate surface area is 227 Å². The molecule has 0 spiro atoms. The van der Waals surface area contributed by atoms with Crippen molar-refractivity contribution in [2.45, 2.75) is 24.3 Å². The summed E-state index contributed by atoms with van der Waals surface area (Å²) in [6, 6.07) is 12.9. The second-order valence-corrected chi connectivity index (χ2v) is 11.7. The van der Waals surface area contributed by atoms with Gasteiger partial charge in [-0.1, -0.05) is 12.1 Å². The summed E-state index contributed by atoms with van der Waals surface area (Å²) in [5.74, 6) is 1.33. The van der Waals surface area contributed by atoms with Crippen LogP contribution < -0.4 is 15.4 Å². The van der Waals surface area contributed by atoms with Crippen molar-refractivity contribution in [2.75, 3.05) is 45.4 Å². The number of para-hydroxylation sites is 1. The molecular formula is C27H30N8O3S. The van der Waals surface area contributed by atoms with Crippen LogP contribution in [-0.4, -0.2) is 67.4 Å². The number of anilines is 4. The lowest BCUT2D eigenvalue weighted by Gasteiger charge is -2.26. The second kappa shape index (κ2) is 10.5. The summed E-state index contributed by atoms with van der Waals surface area (Å²) < 4.78 is 32.9. The van der Waals surface area contributed by atoms with E-state index in [1.165, 1.54) is 31.3 Å². The molecule has 2 aromatic carbocycles. The maximum Gasteiger partial charge on any atom is 0.244 e. The summed E-state index contributed by atoms with van der Waals surface area (Å²) in [5, 5.41) is 16.5. The van der Waals surface area contributed by atoms with Crippen molar-refractivity contribution in [3.8, 4) is 11.8 Å². The van der Waals surface area contributed by atoms with Crippen LogP contribution in [0.4, 0.5) is 23.1 Å². The molecule has 0 fully saturated rings. The molecule has 2 aromatic heterocycles. The summed E-state index contributed by atoms with van der Waals surface area (Å²) in [4.78, 5) is 14.9. The minimum atomic E-state index is -3.74. The molecule has 4 aromatic rings. The van der Waals surface area contributed by atoms with Crippen molar-refractivity contribution in [3.63, 3.8) is 0 Å². The first-order valence-corrected chi connectivity index (χ1v) is 13.8. The molecule has 0 bridgehead atoms. The van der Waals surface area contributed by atoms with Gasteiger partial charge in [0.15, 0.2) is 0 Å². The van der Waals surface area contributed by atoms with Gasteiger partial charge in [-0.25, -0.2) is 12.7 Å². The molecule has 0 amide bonds. The van der Waals surface area contributed by atoms with E-state index < -0.39 is 10.0 Å². The Morgan fingerprint density at radius 1 is 1.15 bits per heavy atom. The van der Waals surface area contributed by atoms with E-state index in [2.05, 4.69) is 44.7 Å². The van der Waals surface area contributed by atoms with Crippen molar-refractivity contribution in [3.05, 3.63) is 59.3 Å². The SMILES string of the molecule is COc1cc2c(cc1Nc1nc(Nc3ccccc3S(=O)(=O)N(C)C)c3c(CC#N)c[nH]c3n1)CN(C)CC2. The third-order valence-electron chi connectivity index (χ3n) is 6.75. The zero-order valence-electron chi connectivity index (χ0n) is 22.2. The molecule has 3 N–H and O–H groups in total. The van der Waals surface area contributed by atoms with E-state index in [9.17, 15) is 13.7 Å². The smallest absolute Gasteiger partial charge is 0.244 e. The van der Waals surface area contributed by atoms with Gasteiger partial charge in [0.05, 0.1) is 36.4 Å². The van der Waals surface area contributed by atoms with Crippen LogP contribution in [-0.2, 0) is 29.4 Å². The Kier molecular flexibility index (Phi) is 7.14. The number of sulfonamides is 1. The Morgan fingerprint density at radius 2 is 1.95 bits per heavy atom. The molecule has 39 heavy (non-hydrogen) atoms. The van der Waals surface area contributed by atoms with Crippen LogP contribution in [0.15, 0.2) is 47.5 Å². The van der Waals surface area contributed by atoms with Crippen molar-refractivity contribution >= 4 is 44.2 Å². The van der Waals surface area contributed by atoms with Gasteiger partial charge >= 0.3 is 0 Å².